The van der Waals surface area contributed by atoms with E-state index < -0.39 is 0 Å². The van der Waals surface area contributed by atoms with Crippen LogP contribution in [-0.4, -0.2) is 4.98 Å². The molecule has 68 valence electrons. The number of rotatable bonds is 2. The molecule has 1 rings (SSSR count). The molecular weight excluding hydrogens is 146 g/mol. The zero-order valence-electron chi connectivity index (χ0n) is 8.59. The number of pyridine rings is 1. The molecule has 0 aliphatic carbocycles. The van der Waals surface area contributed by atoms with Crippen LogP contribution in [0.15, 0.2) is 18.5 Å². The maximum absolute atomic E-state index is 4.03. The van der Waals surface area contributed by atoms with Crippen molar-refractivity contribution in [1.82, 2.24) is 4.98 Å². The van der Waals surface area contributed by atoms with Gasteiger partial charge >= 0.3 is 0 Å². The van der Waals surface area contributed by atoms with Crippen molar-refractivity contribution in [1.29, 1.82) is 0 Å². The SMILES string of the molecule is CC.CCCc1ccncc1C. The van der Waals surface area contributed by atoms with Gasteiger partial charge in [-0.2, -0.15) is 0 Å². The van der Waals surface area contributed by atoms with Gasteiger partial charge in [0.2, 0.25) is 0 Å². The summed E-state index contributed by atoms with van der Waals surface area (Å²) in [5.41, 5.74) is 2.74. The van der Waals surface area contributed by atoms with Crippen LogP contribution >= 0.6 is 0 Å². The maximum atomic E-state index is 4.03. The molecule has 0 unspecified atom stereocenters. The van der Waals surface area contributed by atoms with Crippen LogP contribution in [0.1, 0.15) is 38.3 Å². The molecule has 1 heterocycles. The van der Waals surface area contributed by atoms with Gasteiger partial charge in [-0.25, -0.2) is 0 Å². The lowest BCUT2D eigenvalue weighted by molar-refractivity contribution is 0.908. The second-order valence-corrected chi connectivity index (χ2v) is 2.55. The molecule has 0 N–H and O–H groups in total. The minimum atomic E-state index is 1.17. The van der Waals surface area contributed by atoms with Crippen LogP contribution in [0.5, 0.6) is 0 Å². The summed E-state index contributed by atoms with van der Waals surface area (Å²) < 4.78 is 0. The first-order valence-corrected chi connectivity index (χ1v) is 4.74. The predicted molar refractivity (Wildman–Crippen MR) is 54.3 cm³/mol. The Hall–Kier alpha value is -0.850. The fourth-order valence-electron chi connectivity index (χ4n) is 1.05. The van der Waals surface area contributed by atoms with Gasteiger partial charge in [0.25, 0.3) is 0 Å². The van der Waals surface area contributed by atoms with E-state index in [2.05, 4.69) is 24.9 Å². The van der Waals surface area contributed by atoms with E-state index in [9.17, 15) is 0 Å². The minimum absolute atomic E-state index is 1.17. The van der Waals surface area contributed by atoms with E-state index in [1.807, 2.05) is 26.2 Å². The third kappa shape index (κ3) is 3.51. The summed E-state index contributed by atoms with van der Waals surface area (Å²) in [6.45, 7) is 8.30. The van der Waals surface area contributed by atoms with Crippen molar-refractivity contribution in [2.45, 2.75) is 40.5 Å². The topological polar surface area (TPSA) is 12.9 Å². The molecule has 0 fully saturated rings. The summed E-state index contributed by atoms with van der Waals surface area (Å²) in [5, 5.41) is 0. The Balaban J connectivity index is 0.000000561. The molecule has 1 nitrogen and oxygen atoms in total. The highest BCUT2D eigenvalue weighted by Crippen LogP contribution is 2.06. The molecule has 0 aliphatic rings. The summed E-state index contributed by atoms with van der Waals surface area (Å²) >= 11 is 0. The normalized spacial score (nSPS) is 8.67. The second kappa shape index (κ2) is 6.84. The van der Waals surface area contributed by atoms with Crippen LogP contribution in [0.25, 0.3) is 0 Å². The molecule has 0 bridgehead atoms. The molecule has 0 radical (unpaired) electrons. The number of aromatic nitrogens is 1. The quantitative estimate of drug-likeness (QED) is 0.654. The Labute approximate surface area is 75.8 Å². The van der Waals surface area contributed by atoms with Gasteiger partial charge in [-0.05, 0) is 30.5 Å². The van der Waals surface area contributed by atoms with Gasteiger partial charge in [0.1, 0.15) is 0 Å². The van der Waals surface area contributed by atoms with Gasteiger partial charge in [-0.3, -0.25) is 4.98 Å². The first kappa shape index (κ1) is 11.2. The third-order valence-electron chi connectivity index (χ3n) is 1.66. The van der Waals surface area contributed by atoms with Crippen LogP contribution in [0, 0.1) is 6.92 Å². The van der Waals surface area contributed by atoms with Crippen molar-refractivity contribution in [2.24, 2.45) is 0 Å². The molecule has 0 saturated heterocycles. The Kier molecular flexibility index (Phi) is 6.35. The second-order valence-electron chi connectivity index (χ2n) is 2.55. The van der Waals surface area contributed by atoms with Gasteiger partial charge in [0.15, 0.2) is 0 Å². The number of nitrogens with zero attached hydrogens (tertiary/aromatic N) is 1. The van der Waals surface area contributed by atoms with E-state index in [0.717, 1.165) is 0 Å². The summed E-state index contributed by atoms with van der Waals surface area (Å²) in [7, 11) is 0. The summed E-state index contributed by atoms with van der Waals surface area (Å²) in [4.78, 5) is 4.03. The lowest BCUT2D eigenvalue weighted by atomic mass is 10.1. The minimum Gasteiger partial charge on any atom is -0.264 e. The van der Waals surface area contributed by atoms with Crippen molar-refractivity contribution in [3.63, 3.8) is 0 Å². The average Bonchev–Trinajstić information content (AvgIpc) is 2.13. The van der Waals surface area contributed by atoms with Gasteiger partial charge in [-0.1, -0.05) is 27.2 Å². The van der Waals surface area contributed by atoms with Gasteiger partial charge in [0, 0.05) is 12.4 Å². The molecule has 1 heteroatoms. The zero-order chi connectivity index (χ0) is 9.40. The third-order valence-corrected chi connectivity index (χ3v) is 1.66. The highest BCUT2D eigenvalue weighted by atomic mass is 14.6. The molecule has 1 aromatic rings. The molecule has 0 atom stereocenters. The molecule has 12 heavy (non-hydrogen) atoms. The highest BCUT2D eigenvalue weighted by Gasteiger charge is 1.93. The fraction of sp³-hybridized carbons (Fsp3) is 0.545. The first-order valence-electron chi connectivity index (χ1n) is 4.74. The summed E-state index contributed by atoms with van der Waals surface area (Å²) in [6, 6.07) is 2.10. The van der Waals surface area contributed by atoms with Gasteiger partial charge < -0.3 is 0 Å². The van der Waals surface area contributed by atoms with Crippen LogP contribution in [0.3, 0.4) is 0 Å². The van der Waals surface area contributed by atoms with E-state index >= 15 is 0 Å². The number of hydrogen-bond donors (Lipinski definition) is 0. The molecule has 0 aromatic carbocycles. The van der Waals surface area contributed by atoms with Crippen LogP contribution < -0.4 is 0 Å². The zero-order valence-corrected chi connectivity index (χ0v) is 8.59. The van der Waals surface area contributed by atoms with Crippen molar-refractivity contribution in [3.8, 4) is 0 Å². The summed E-state index contributed by atoms with van der Waals surface area (Å²) in [5.74, 6) is 0. The van der Waals surface area contributed by atoms with Gasteiger partial charge in [0.05, 0.1) is 0 Å². The lowest BCUT2D eigenvalue weighted by Gasteiger charge is -2.00. The van der Waals surface area contributed by atoms with Gasteiger partial charge in [-0.15, -0.1) is 0 Å². The van der Waals surface area contributed by atoms with E-state index in [0.29, 0.717) is 0 Å². The molecule has 0 aliphatic heterocycles. The Morgan fingerprint density at radius 1 is 1.33 bits per heavy atom. The highest BCUT2D eigenvalue weighted by molar-refractivity contribution is 5.21. The fourth-order valence-corrected chi connectivity index (χ4v) is 1.05. The van der Waals surface area contributed by atoms with E-state index in [4.69, 9.17) is 0 Å². The molecule has 1 aromatic heterocycles. The first-order chi connectivity index (χ1) is 5.84. The molecule has 0 saturated carbocycles. The summed E-state index contributed by atoms with van der Waals surface area (Å²) in [6.07, 6.45) is 6.17. The average molecular weight is 165 g/mol. The van der Waals surface area contributed by atoms with Crippen LogP contribution in [0.4, 0.5) is 0 Å². The van der Waals surface area contributed by atoms with Crippen LogP contribution in [-0.2, 0) is 6.42 Å². The van der Waals surface area contributed by atoms with E-state index in [1.54, 1.807) is 0 Å². The lowest BCUT2D eigenvalue weighted by Crippen LogP contribution is -1.88. The van der Waals surface area contributed by atoms with Crippen molar-refractivity contribution >= 4 is 0 Å². The number of aryl methyl sites for hydroxylation is 2. The molecular formula is C11H19N. The van der Waals surface area contributed by atoms with Crippen molar-refractivity contribution < 1.29 is 0 Å². The van der Waals surface area contributed by atoms with E-state index in [1.165, 1.54) is 24.0 Å². The molecule has 0 spiro atoms. The van der Waals surface area contributed by atoms with Crippen molar-refractivity contribution in [3.05, 3.63) is 29.6 Å². The van der Waals surface area contributed by atoms with Crippen molar-refractivity contribution in [2.75, 3.05) is 0 Å². The Morgan fingerprint density at radius 3 is 2.50 bits per heavy atom. The standard InChI is InChI=1S/C9H13N.C2H6/c1-3-4-9-5-6-10-7-8(9)2;1-2/h5-7H,3-4H2,1-2H3;1-2H3. The van der Waals surface area contributed by atoms with Crippen LogP contribution in [0.2, 0.25) is 0 Å². The van der Waals surface area contributed by atoms with E-state index in [-0.39, 0.29) is 0 Å². The predicted octanol–water partition coefficient (Wildman–Crippen LogP) is 3.37. The smallest absolute Gasteiger partial charge is 0.0299 e. The maximum Gasteiger partial charge on any atom is 0.0299 e. The number of hydrogen-bond acceptors (Lipinski definition) is 1. The largest absolute Gasteiger partial charge is 0.264 e. The molecule has 0 amide bonds. The Morgan fingerprint density at radius 2 is 2.00 bits per heavy atom. The monoisotopic (exact) mass is 165 g/mol. The Bertz CT molecular complexity index is 206.